The zero-order chi connectivity index (χ0) is 18.9. The first-order valence-electron chi connectivity index (χ1n) is 9.06. The van der Waals surface area contributed by atoms with Gasteiger partial charge in [-0.05, 0) is 24.3 Å². The Kier molecular flexibility index (Phi) is 3.91. The molecule has 5 rings (SSSR count). The van der Waals surface area contributed by atoms with Gasteiger partial charge in [0.2, 0.25) is 0 Å². The number of carbonyl (C=O) groups is 1. The van der Waals surface area contributed by atoms with E-state index in [9.17, 15) is 4.79 Å². The summed E-state index contributed by atoms with van der Waals surface area (Å²) in [7, 11) is 0. The van der Waals surface area contributed by atoms with Crippen LogP contribution in [0.4, 0.5) is 10.5 Å². The van der Waals surface area contributed by atoms with Crippen molar-refractivity contribution in [1.82, 2.24) is 10.3 Å². The fraction of sp³-hybridized carbons (Fsp3) is 0.0435. The minimum atomic E-state index is -0.302. The molecule has 0 fully saturated rings. The summed E-state index contributed by atoms with van der Waals surface area (Å²) < 4.78 is 5.98. The molecule has 0 radical (unpaired) electrons. The third kappa shape index (κ3) is 2.83. The van der Waals surface area contributed by atoms with Crippen LogP contribution in [0.2, 0.25) is 0 Å². The maximum atomic E-state index is 12.9. The topological polar surface area (TPSA) is 63.2 Å². The fourth-order valence-electron chi connectivity index (χ4n) is 3.56. The lowest BCUT2D eigenvalue weighted by Gasteiger charge is -2.28. The SMILES string of the molecule is O=C(Nc1cccc2cccnc12)NC1c2ccccc2Oc2ccccc21. The Balaban J connectivity index is 1.47. The molecule has 1 aromatic heterocycles. The van der Waals surface area contributed by atoms with E-state index in [0.29, 0.717) is 5.69 Å². The lowest BCUT2D eigenvalue weighted by atomic mass is 9.95. The molecule has 3 aromatic carbocycles. The van der Waals surface area contributed by atoms with E-state index in [1.54, 1.807) is 6.20 Å². The summed E-state index contributed by atoms with van der Waals surface area (Å²) in [5, 5.41) is 7.00. The Morgan fingerprint density at radius 1 is 0.821 bits per heavy atom. The van der Waals surface area contributed by atoms with Crippen molar-refractivity contribution in [2.75, 3.05) is 5.32 Å². The number of nitrogens with zero attached hydrogens (tertiary/aromatic N) is 1. The number of aromatic nitrogens is 1. The lowest BCUT2D eigenvalue weighted by Crippen LogP contribution is -2.34. The zero-order valence-electron chi connectivity index (χ0n) is 14.9. The average Bonchev–Trinajstić information content (AvgIpc) is 2.74. The molecule has 1 aliphatic heterocycles. The number of benzene rings is 3. The molecule has 5 nitrogen and oxygen atoms in total. The second kappa shape index (κ2) is 6.70. The number of ether oxygens (including phenoxy) is 1. The van der Waals surface area contributed by atoms with E-state index in [1.807, 2.05) is 78.9 Å². The highest BCUT2D eigenvalue weighted by atomic mass is 16.5. The molecular weight excluding hydrogens is 350 g/mol. The van der Waals surface area contributed by atoms with Gasteiger partial charge in [-0.2, -0.15) is 0 Å². The van der Waals surface area contributed by atoms with E-state index >= 15 is 0 Å². The number of hydrogen-bond donors (Lipinski definition) is 2. The summed E-state index contributed by atoms with van der Waals surface area (Å²) >= 11 is 0. The van der Waals surface area contributed by atoms with Crippen LogP contribution in [0.1, 0.15) is 17.2 Å². The molecule has 0 bridgehead atoms. The van der Waals surface area contributed by atoms with E-state index in [1.165, 1.54) is 0 Å². The van der Waals surface area contributed by atoms with E-state index in [0.717, 1.165) is 33.5 Å². The first-order chi connectivity index (χ1) is 13.8. The van der Waals surface area contributed by atoms with Crippen LogP contribution in [-0.2, 0) is 0 Å². The monoisotopic (exact) mass is 367 g/mol. The van der Waals surface area contributed by atoms with Crippen molar-refractivity contribution in [1.29, 1.82) is 0 Å². The van der Waals surface area contributed by atoms with Gasteiger partial charge in [-0.1, -0.05) is 54.6 Å². The summed E-state index contributed by atoms with van der Waals surface area (Å²) in [6.07, 6.45) is 1.72. The largest absolute Gasteiger partial charge is 0.457 e. The fourth-order valence-corrected chi connectivity index (χ4v) is 3.56. The molecule has 0 saturated heterocycles. The smallest absolute Gasteiger partial charge is 0.320 e. The summed E-state index contributed by atoms with van der Waals surface area (Å²) in [4.78, 5) is 17.2. The molecule has 2 N–H and O–H groups in total. The Morgan fingerprint density at radius 2 is 1.50 bits per heavy atom. The first kappa shape index (κ1) is 16.3. The molecule has 0 atom stereocenters. The number of anilines is 1. The normalized spacial score (nSPS) is 12.6. The van der Waals surface area contributed by atoms with E-state index in [4.69, 9.17) is 4.74 Å². The van der Waals surface area contributed by atoms with Crippen LogP contribution in [0.15, 0.2) is 85.1 Å². The summed E-state index contributed by atoms with van der Waals surface area (Å²) in [6.45, 7) is 0. The van der Waals surface area contributed by atoms with Crippen molar-refractivity contribution in [3.05, 3.63) is 96.2 Å². The van der Waals surface area contributed by atoms with Gasteiger partial charge in [0, 0.05) is 22.7 Å². The molecule has 1 aliphatic rings. The third-order valence-corrected chi connectivity index (χ3v) is 4.84. The highest BCUT2D eigenvalue weighted by Crippen LogP contribution is 2.42. The van der Waals surface area contributed by atoms with Crippen LogP contribution in [0.3, 0.4) is 0 Å². The van der Waals surface area contributed by atoms with Crippen LogP contribution >= 0.6 is 0 Å². The van der Waals surface area contributed by atoms with Crippen LogP contribution in [0.5, 0.6) is 11.5 Å². The van der Waals surface area contributed by atoms with Gasteiger partial charge >= 0.3 is 6.03 Å². The highest BCUT2D eigenvalue weighted by Gasteiger charge is 2.28. The Bertz CT molecular complexity index is 1140. The van der Waals surface area contributed by atoms with Crippen LogP contribution < -0.4 is 15.4 Å². The second-order valence-corrected chi connectivity index (χ2v) is 6.59. The van der Waals surface area contributed by atoms with Crippen molar-refractivity contribution in [3.8, 4) is 11.5 Å². The van der Waals surface area contributed by atoms with Gasteiger partial charge in [-0.25, -0.2) is 4.79 Å². The molecule has 5 heteroatoms. The number of para-hydroxylation sites is 3. The van der Waals surface area contributed by atoms with Gasteiger partial charge < -0.3 is 15.4 Å². The molecule has 2 heterocycles. The van der Waals surface area contributed by atoms with E-state index in [2.05, 4.69) is 15.6 Å². The van der Waals surface area contributed by atoms with Crippen molar-refractivity contribution in [2.45, 2.75) is 6.04 Å². The second-order valence-electron chi connectivity index (χ2n) is 6.59. The van der Waals surface area contributed by atoms with Gasteiger partial charge in [-0.3, -0.25) is 4.98 Å². The number of carbonyl (C=O) groups excluding carboxylic acids is 1. The van der Waals surface area contributed by atoms with E-state index in [-0.39, 0.29) is 12.1 Å². The molecule has 28 heavy (non-hydrogen) atoms. The molecular formula is C23H17N3O2. The van der Waals surface area contributed by atoms with Gasteiger partial charge in [0.25, 0.3) is 0 Å². The third-order valence-electron chi connectivity index (χ3n) is 4.84. The molecule has 4 aromatic rings. The molecule has 0 saturated carbocycles. The number of rotatable bonds is 2. The number of fused-ring (bicyclic) bond motifs is 3. The number of amides is 2. The predicted molar refractivity (Wildman–Crippen MR) is 109 cm³/mol. The average molecular weight is 367 g/mol. The number of hydrogen-bond acceptors (Lipinski definition) is 3. The van der Waals surface area contributed by atoms with Crippen LogP contribution in [0.25, 0.3) is 10.9 Å². The van der Waals surface area contributed by atoms with Crippen molar-refractivity contribution < 1.29 is 9.53 Å². The Morgan fingerprint density at radius 3 is 2.25 bits per heavy atom. The van der Waals surface area contributed by atoms with Crippen LogP contribution in [-0.4, -0.2) is 11.0 Å². The Labute approximate surface area is 162 Å². The van der Waals surface area contributed by atoms with Gasteiger partial charge in [0.15, 0.2) is 0 Å². The molecule has 0 aliphatic carbocycles. The van der Waals surface area contributed by atoms with Crippen molar-refractivity contribution in [2.24, 2.45) is 0 Å². The minimum absolute atomic E-state index is 0.297. The number of pyridine rings is 1. The first-order valence-corrected chi connectivity index (χ1v) is 9.06. The minimum Gasteiger partial charge on any atom is -0.457 e. The standard InChI is InChI=1S/C23H17N3O2/c27-23(25-18-11-5-7-15-8-6-14-24-21(15)18)26-22-16-9-1-3-12-19(16)28-20-13-4-2-10-17(20)22/h1-14,22H,(H2,25,26,27). The zero-order valence-corrected chi connectivity index (χ0v) is 14.9. The molecule has 0 unspecified atom stereocenters. The Hall–Kier alpha value is -3.86. The quantitative estimate of drug-likeness (QED) is 0.508. The number of urea groups is 1. The highest BCUT2D eigenvalue weighted by molar-refractivity contribution is 5.99. The summed E-state index contributed by atoms with van der Waals surface area (Å²) in [6, 6.07) is 24.4. The maximum absolute atomic E-state index is 12.9. The summed E-state index contributed by atoms with van der Waals surface area (Å²) in [5.41, 5.74) is 3.27. The molecule has 2 amide bonds. The van der Waals surface area contributed by atoms with Gasteiger partial charge in [0.05, 0.1) is 17.2 Å². The maximum Gasteiger partial charge on any atom is 0.320 e. The number of nitrogens with one attached hydrogen (secondary N) is 2. The summed E-state index contributed by atoms with van der Waals surface area (Å²) in [5.74, 6) is 1.50. The van der Waals surface area contributed by atoms with Crippen LogP contribution in [0, 0.1) is 0 Å². The van der Waals surface area contributed by atoms with E-state index < -0.39 is 0 Å². The lowest BCUT2D eigenvalue weighted by molar-refractivity contribution is 0.249. The van der Waals surface area contributed by atoms with Gasteiger partial charge in [-0.15, -0.1) is 0 Å². The molecule has 136 valence electrons. The predicted octanol–water partition coefficient (Wildman–Crippen LogP) is 5.25. The molecule has 0 spiro atoms. The van der Waals surface area contributed by atoms with Crippen molar-refractivity contribution >= 4 is 22.6 Å². The van der Waals surface area contributed by atoms with Gasteiger partial charge in [0.1, 0.15) is 11.5 Å². The van der Waals surface area contributed by atoms with Crippen molar-refractivity contribution in [3.63, 3.8) is 0 Å².